The summed E-state index contributed by atoms with van der Waals surface area (Å²) in [6.07, 6.45) is 3.19. The van der Waals surface area contributed by atoms with Gasteiger partial charge in [-0.05, 0) is 30.7 Å². The molecule has 132 valence electrons. The number of anilines is 2. The Morgan fingerprint density at radius 2 is 2.32 bits per heavy atom. The standard InChI is InChI=1S/C17H19FN4O3/c1-25-8-2-7-22-15-4-3-11(18)9-13(15)16(21-22)20-14-10-19-6-5-12(14)17(23)24/h3-6,9-10,16,20-21H,2,7-8H2,1H3,(H,23,24). The van der Waals surface area contributed by atoms with Crippen molar-refractivity contribution in [3.8, 4) is 0 Å². The molecule has 2 heterocycles. The van der Waals surface area contributed by atoms with Gasteiger partial charge in [-0.15, -0.1) is 0 Å². The van der Waals surface area contributed by atoms with Gasteiger partial charge in [-0.2, -0.15) is 0 Å². The van der Waals surface area contributed by atoms with Crippen molar-refractivity contribution in [3.05, 3.63) is 53.6 Å². The third-order valence-corrected chi connectivity index (χ3v) is 3.96. The molecule has 25 heavy (non-hydrogen) atoms. The predicted octanol–water partition coefficient (Wildman–Crippen LogP) is 2.39. The van der Waals surface area contributed by atoms with Gasteiger partial charge in [-0.3, -0.25) is 4.98 Å². The minimum Gasteiger partial charge on any atom is -0.478 e. The van der Waals surface area contributed by atoms with Gasteiger partial charge in [0.1, 0.15) is 12.0 Å². The van der Waals surface area contributed by atoms with E-state index in [9.17, 15) is 14.3 Å². The molecule has 3 rings (SSSR count). The highest BCUT2D eigenvalue weighted by molar-refractivity contribution is 5.94. The molecule has 1 aliphatic rings. The van der Waals surface area contributed by atoms with Crippen LogP contribution in [0.5, 0.6) is 0 Å². The number of hydrogen-bond donors (Lipinski definition) is 3. The fourth-order valence-corrected chi connectivity index (χ4v) is 2.81. The second-order valence-corrected chi connectivity index (χ2v) is 5.63. The van der Waals surface area contributed by atoms with E-state index in [4.69, 9.17) is 4.74 Å². The average Bonchev–Trinajstić information content (AvgIpc) is 2.92. The number of carboxylic acid groups (broad SMARTS) is 1. The highest BCUT2D eigenvalue weighted by atomic mass is 19.1. The maximum atomic E-state index is 13.7. The van der Waals surface area contributed by atoms with Crippen LogP contribution in [0.1, 0.15) is 28.5 Å². The largest absolute Gasteiger partial charge is 0.478 e. The van der Waals surface area contributed by atoms with Gasteiger partial charge < -0.3 is 20.2 Å². The lowest BCUT2D eigenvalue weighted by atomic mass is 10.1. The smallest absolute Gasteiger partial charge is 0.337 e. The normalized spacial score (nSPS) is 15.9. The molecule has 0 amide bonds. The summed E-state index contributed by atoms with van der Waals surface area (Å²) < 4.78 is 18.8. The van der Waals surface area contributed by atoms with Crippen molar-refractivity contribution in [3.63, 3.8) is 0 Å². The van der Waals surface area contributed by atoms with Crippen molar-refractivity contribution in [2.75, 3.05) is 30.6 Å². The molecule has 2 aromatic rings. The quantitative estimate of drug-likeness (QED) is 0.664. The topological polar surface area (TPSA) is 86.7 Å². The maximum absolute atomic E-state index is 13.7. The van der Waals surface area contributed by atoms with Crippen LogP contribution in [-0.2, 0) is 4.74 Å². The molecule has 0 saturated carbocycles. The third-order valence-electron chi connectivity index (χ3n) is 3.96. The molecule has 3 N–H and O–H groups in total. The van der Waals surface area contributed by atoms with E-state index in [0.717, 1.165) is 12.1 Å². The molecule has 0 bridgehead atoms. The van der Waals surface area contributed by atoms with Crippen molar-refractivity contribution in [2.24, 2.45) is 0 Å². The number of methoxy groups -OCH3 is 1. The highest BCUT2D eigenvalue weighted by Gasteiger charge is 2.29. The van der Waals surface area contributed by atoms with Crippen molar-refractivity contribution < 1.29 is 19.0 Å². The number of aromatic carboxylic acids is 1. The number of halogens is 1. The third kappa shape index (κ3) is 3.70. The first kappa shape index (κ1) is 17.1. The minimum atomic E-state index is -1.06. The first-order valence-electron chi connectivity index (χ1n) is 7.86. The number of nitrogens with one attached hydrogen (secondary N) is 2. The Morgan fingerprint density at radius 1 is 1.48 bits per heavy atom. The van der Waals surface area contributed by atoms with E-state index in [0.29, 0.717) is 24.4 Å². The molecular weight excluding hydrogens is 327 g/mol. The van der Waals surface area contributed by atoms with Gasteiger partial charge in [-0.25, -0.2) is 14.6 Å². The van der Waals surface area contributed by atoms with E-state index in [1.807, 2.05) is 5.01 Å². The van der Waals surface area contributed by atoms with Crippen LogP contribution in [-0.4, -0.2) is 36.3 Å². The molecule has 0 saturated heterocycles. The molecule has 1 aromatic carbocycles. The number of hydrogen-bond acceptors (Lipinski definition) is 6. The molecular formula is C17H19FN4O3. The zero-order chi connectivity index (χ0) is 17.8. The summed E-state index contributed by atoms with van der Waals surface area (Å²) in [6.45, 7) is 1.28. The SMILES string of the molecule is COCCCN1NC(Nc2cnccc2C(=O)O)c2cc(F)ccc21. The number of benzene rings is 1. The van der Waals surface area contributed by atoms with Crippen LogP contribution in [0.2, 0.25) is 0 Å². The van der Waals surface area contributed by atoms with Gasteiger partial charge in [0.25, 0.3) is 0 Å². The van der Waals surface area contributed by atoms with E-state index in [1.165, 1.54) is 30.6 Å². The van der Waals surface area contributed by atoms with Gasteiger partial charge in [0.05, 0.1) is 23.1 Å². The van der Waals surface area contributed by atoms with Gasteiger partial charge >= 0.3 is 5.97 Å². The summed E-state index contributed by atoms with van der Waals surface area (Å²) >= 11 is 0. The molecule has 1 aromatic heterocycles. The Balaban J connectivity index is 1.85. The summed E-state index contributed by atoms with van der Waals surface area (Å²) in [5.74, 6) is -1.41. The number of pyridine rings is 1. The minimum absolute atomic E-state index is 0.104. The first-order valence-corrected chi connectivity index (χ1v) is 7.86. The van der Waals surface area contributed by atoms with Crippen LogP contribution in [0.4, 0.5) is 15.8 Å². The van der Waals surface area contributed by atoms with Crippen LogP contribution in [0.3, 0.4) is 0 Å². The lowest BCUT2D eigenvalue weighted by Crippen LogP contribution is -2.38. The number of hydrazine groups is 1. The molecule has 0 fully saturated rings. The van der Waals surface area contributed by atoms with Crippen molar-refractivity contribution in [1.29, 1.82) is 0 Å². The van der Waals surface area contributed by atoms with Crippen LogP contribution in [0, 0.1) is 5.82 Å². The predicted molar refractivity (Wildman–Crippen MR) is 90.9 cm³/mol. The van der Waals surface area contributed by atoms with Crippen molar-refractivity contribution >= 4 is 17.3 Å². The van der Waals surface area contributed by atoms with Crippen LogP contribution in [0.15, 0.2) is 36.7 Å². The fourth-order valence-electron chi connectivity index (χ4n) is 2.81. The van der Waals surface area contributed by atoms with Crippen LogP contribution >= 0.6 is 0 Å². The zero-order valence-corrected chi connectivity index (χ0v) is 13.7. The summed E-state index contributed by atoms with van der Waals surface area (Å²) in [6, 6.07) is 5.96. The van der Waals surface area contributed by atoms with E-state index in [1.54, 1.807) is 13.2 Å². The molecule has 1 aliphatic heterocycles. The molecule has 7 nitrogen and oxygen atoms in total. The number of rotatable bonds is 7. The van der Waals surface area contributed by atoms with E-state index in [-0.39, 0.29) is 11.4 Å². The summed E-state index contributed by atoms with van der Waals surface area (Å²) in [4.78, 5) is 15.3. The van der Waals surface area contributed by atoms with Gasteiger partial charge in [0.2, 0.25) is 0 Å². The number of aromatic nitrogens is 1. The molecule has 0 spiro atoms. The fraction of sp³-hybridized carbons (Fsp3) is 0.294. The van der Waals surface area contributed by atoms with E-state index >= 15 is 0 Å². The average molecular weight is 346 g/mol. The lowest BCUT2D eigenvalue weighted by molar-refractivity contribution is 0.0697. The van der Waals surface area contributed by atoms with Gasteiger partial charge in [-0.1, -0.05) is 0 Å². The molecule has 1 unspecified atom stereocenters. The first-order chi connectivity index (χ1) is 12.1. The van der Waals surface area contributed by atoms with Crippen LogP contribution in [0.25, 0.3) is 0 Å². The monoisotopic (exact) mass is 346 g/mol. The molecule has 1 atom stereocenters. The maximum Gasteiger partial charge on any atom is 0.337 e. The molecule has 8 heteroatoms. The van der Waals surface area contributed by atoms with Crippen LogP contribution < -0.4 is 15.8 Å². The second kappa shape index (κ2) is 7.45. The number of carboxylic acids is 1. The lowest BCUT2D eigenvalue weighted by Gasteiger charge is -2.22. The molecule has 0 radical (unpaired) electrons. The number of carbonyl (C=O) groups is 1. The van der Waals surface area contributed by atoms with E-state index < -0.39 is 12.1 Å². The molecule has 0 aliphatic carbocycles. The Morgan fingerprint density at radius 3 is 3.08 bits per heavy atom. The number of fused-ring (bicyclic) bond motifs is 1. The number of ether oxygens (including phenoxy) is 1. The number of nitrogens with zero attached hydrogens (tertiary/aromatic N) is 2. The highest BCUT2D eigenvalue weighted by Crippen LogP contribution is 2.34. The Hall–Kier alpha value is -2.71. The Bertz CT molecular complexity index is 771. The van der Waals surface area contributed by atoms with Crippen molar-refractivity contribution in [2.45, 2.75) is 12.6 Å². The summed E-state index contributed by atoms with van der Waals surface area (Å²) in [7, 11) is 1.64. The Labute approximate surface area is 144 Å². The van der Waals surface area contributed by atoms with Crippen molar-refractivity contribution in [1.82, 2.24) is 10.4 Å². The second-order valence-electron chi connectivity index (χ2n) is 5.63. The van der Waals surface area contributed by atoms with Gasteiger partial charge in [0.15, 0.2) is 0 Å². The zero-order valence-electron chi connectivity index (χ0n) is 13.7. The summed E-state index contributed by atoms with van der Waals surface area (Å²) in [5.41, 5.74) is 5.25. The van der Waals surface area contributed by atoms with E-state index in [2.05, 4.69) is 15.7 Å². The Kier molecular flexibility index (Phi) is 5.11. The summed E-state index contributed by atoms with van der Waals surface area (Å²) in [5, 5.41) is 14.3. The van der Waals surface area contributed by atoms with Gasteiger partial charge in [0, 0.05) is 32.0 Å².